The first kappa shape index (κ1) is 21.5. The number of nitrogens with two attached hydrogens (primary N) is 3. The van der Waals surface area contributed by atoms with E-state index < -0.39 is 36.6 Å². The number of carboxylic acids is 3. The van der Waals surface area contributed by atoms with Gasteiger partial charge in [-0.05, 0) is 6.92 Å². The molecule has 108 valence electrons. The van der Waals surface area contributed by atoms with Crippen LogP contribution in [-0.2, 0) is 14.4 Å². The lowest BCUT2D eigenvalue weighted by Crippen LogP contribution is -2.33. The van der Waals surface area contributed by atoms with Crippen molar-refractivity contribution >= 4 is 17.9 Å². The molecular formula is C8H19N3O7. The van der Waals surface area contributed by atoms with Crippen LogP contribution in [0.5, 0.6) is 0 Å². The summed E-state index contributed by atoms with van der Waals surface area (Å²) in [6.45, 7) is 0.637. The minimum atomic E-state index is -1.18. The molecule has 0 aliphatic carbocycles. The van der Waals surface area contributed by atoms with Gasteiger partial charge in [0.1, 0.15) is 12.1 Å². The van der Waals surface area contributed by atoms with Crippen molar-refractivity contribution in [3.05, 3.63) is 0 Å². The normalized spacial score (nSPS) is 11.8. The van der Waals surface area contributed by atoms with Gasteiger partial charge in [-0.25, -0.2) is 0 Å². The summed E-state index contributed by atoms with van der Waals surface area (Å²) in [5, 5.41) is 31.4. The quantitative estimate of drug-likeness (QED) is 0.272. The zero-order chi connectivity index (χ0) is 15.3. The van der Waals surface area contributed by atoms with Crippen LogP contribution >= 0.6 is 0 Å². The first-order valence-electron chi connectivity index (χ1n) is 4.59. The van der Waals surface area contributed by atoms with Crippen LogP contribution in [0.3, 0.4) is 0 Å². The molecule has 10 nitrogen and oxygen atoms in total. The number of aliphatic hydroxyl groups is 1. The number of hydrogen-bond acceptors (Lipinski definition) is 7. The lowest BCUT2D eigenvalue weighted by molar-refractivity contribution is -0.139. The van der Waals surface area contributed by atoms with Crippen molar-refractivity contribution in [1.29, 1.82) is 0 Å². The highest BCUT2D eigenvalue weighted by molar-refractivity contribution is 5.73. The number of hydrogen-bond donors (Lipinski definition) is 7. The molecule has 0 heterocycles. The van der Waals surface area contributed by atoms with E-state index in [0.717, 1.165) is 0 Å². The van der Waals surface area contributed by atoms with Gasteiger partial charge in [0.25, 0.3) is 0 Å². The Hall–Kier alpha value is -1.75. The molecule has 2 unspecified atom stereocenters. The lowest BCUT2D eigenvalue weighted by atomic mass is 10.3. The van der Waals surface area contributed by atoms with Crippen LogP contribution in [-0.4, -0.2) is 63.6 Å². The second kappa shape index (κ2) is 13.3. The summed E-state index contributed by atoms with van der Waals surface area (Å²) in [4.78, 5) is 28.5. The first-order valence-corrected chi connectivity index (χ1v) is 4.59. The third-order valence-electron chi connectivity index (χ3n) is 1.08. The Morgan fingerprint density at radius 3 is 1.33 bits per heavy atom. The van der Waals surface area contributed by atoms with Gasteiger partial charge in [0.15, 0.2) is 0 Å². The van der Waals surface area contributed by atoms with Gasteiger partial charge in [0.2, 0.25) is 0 Å². The molecule has 0 amide bonds. The average molecular weight is 269 g/mol. The van der Waals surface area contributed by atoms with Crippen LogP contribution in [0.4, 0.5) is 0 Å². The molecule has 0 aliphatic rings. The standard InChI is InChI=1S/C3H7NO3.C3H7NO2.C2H5NO2/c4-2(1-5)3(6)7;1-2(4)3(5)6;3-1-2(4)5/h2,5H,1,4H2,(H,6,7);2H,4H2,1H3,(H,5,6);1,3H2,(H,4,5). The number of carbonyl (C=O) groups is 3. The maximum Gasteiger partial charge on any atom is 0.322 e. The minimum absolute atomic E-state index is 0.278. The highest BCUT2D eigenvalue weighted by Gasteiger charge is 2.07. The lowest BCUT2D eigenvalue weighted by Gasteiger charge is -1.96. The number of rotatable bonds is 4. The van der Waals surface area contributed by atoms with E-state index in [4.69, 9.17) is 31.9 Å². The summed E-state index contributed by atoms with van der Waals surface area (Å²) in [5.41, 5.74) is 14.2. The second-order valence-corrected chi connectivity index (χ2v) is 2.85. The van der Waals surface area contributed by atoms with E-state index in [0.29, 0.717) is 0 Å². The number of aliphatic carboxylic acids is 3. The molecule has 18 heavy (non-hydrogen) atoms. The SMILES string of the molecule is CC(N)C(=O)O.NC(CO)C(=O)O.NCC(=O)O. The van der Waals surface area contributed by atoms with Gasteiger partial charge >= 0.3 is 17.9 Å². The first-order chi connectivity index (χ1) is 8.09. The summed E-state index contributed by atoms with van der Waals surface area (Å²) < 4.78 is 0. The second-order valence-electron chi connectivity index (χ2n) is 2.85. The molecule has 0 saturated carbocycles. The zero-order valence-electron chi connectivity index (χ0n) is 9.81. The number of carboxylic acid groups (broad SMARTS) is 3. The molecule has 0 radical (unpaired) electrons. The minimum Gasteiger partial charge on any atom is -0.480 e. The van der Waals surface area contributed by atoms with Gasteiger partial charge in [-0.3, -0.25) is 14.4 Å². The Morgan fingerprint density at radius 1 is 1.06 bits per heavy atom. The van der Waals surface area contributed by atoms with Crippen LogP contribution in [0.15, 0.2) is 0 Å². The molecule has 0 aliphatic heterocycles. The van der Waals surface area contributed by atoms with E-state index in [9.17, 15) is 14.4 Å². The van der Waals surface area contributed by atoms with Crippen LogP contribution in [0.25, 0.3) is 0 Å². The van der Waals surface area contributed by atoms with Gasteiger partial charge in [-0.1, -0.05) is 0 Å². The van der Waals surface area contributed by atoms with E-state index in [2.05, 4.69) is 5.73 Å². The average Bonchev–Trinajstić information content (AvgIpc) is 2.29. The predicted octanol–water partition coefficient (Wildman–Crippen LogP) is -3.16. The Labute approximate surface area is 103 Å². The smallest absolute Gasteiger partial charge is 0.322 e. The fourth-order valence-electron chi connectivity index (χ4n) is 0.0781. The molecule has 2 atom stereocenters. The molecule has 0 aromatic heterocycles. The largest absolute Gasteiger partial charge is 0.480 e. The molecule has 0 aromatic carbocycles. The fourth-order valence-corrected chi connectivity index (χ4v) is 0.0781. The summed E-state index contributed by atoms with van der Waals surface area (Å²) in [6.07, 6.45) is 0. The van der Waals surface area contributed by atoms with Gasteiger partial charge in [-0.15, -0.1) is 0 Å². The maximum absolute atomic E-state index is 9.65. The molecule has 0 saturated heterocycles. The van der Waals surface area contributed by atoms with Crippen molar-refractivity contribution in [2.75, 3.05) is 13.2 Å². The van der Waals surface area contributed by atoms with E-state index in [1.807, 2.05) is 0 Å². The molecular weight excluding hydrogens is 250 g/mol. The Balaban J connectivity index is -0.000000190. The topological polar surface area (TPSA) is 210 Å². The van der Waals surface area contributed by atoms with Gasteiger partial charge in [-0.2, -0.15) is 0 Å². The molecule has 10 N–H and O–H groups in total. The third kappa shape index (κ3) is 23.8. The van der Waals surface area contributed by atoms with Crippen LogP contribution in [0.1, 0.15) is 6.92 Å². The molecule has 10 heteroatoms. The molecule has 0 fully saturated rings. The van der Waals surface area contributed by atoms with Gasteiger partial charge < -0.3 is 37.6 Å². The zero-order valence-corrected chi connectivity index (χ0v) is 9.81. The van der Waals surface area contributed by atoms with Crippen LogP contribution < -0.4 is 17.2 Å². The molecule has 0 spiro atoms. The number of aliphatic hydroxyl groups excluding tert-OH is 1. The van der Waals surface area contributed by atoms with Gasteiger partial charge in [0.05, 0.1) is 13.2 Å². The van der Waals surface area contributed by atoms with E-state index in [1.54, 1.807) is 0 Å². The maximum atomic E-state index is 9.65. The van der Waals surface area contributed by atoms with Gasteiger partial charge in [0, 0.05) is 0 Å². The van der Waals surface area contributed by atoms with E-state index >= 15 is 0 Å². The van der Waals surface area contributed by atoms with Crippen molar-refractivity contribution in [1.82, 2.24) is 0 Å². The molecule has 0 bridgehead atoms. The summed E-state index contributed by atoms with van der Waals surface area (Å²) in [7, 11) is 0. The Bertz CT molecular complexity index is 257. The Morgan fingerprint density at radius 2 is 1.33 bits per heavy atom. The van der Waals surface area contributed by atoms with Crippen molar-refractivity contribution in [2.45, 2.75) is 19.0 Å². The van der Waals surface area contributed by atoms with Crippen LogP contribution in [0, 0.1) is 0 Å². The van der Waals surface area contributed by atoms with E-state index in [1.165, 1.54) is 6.92 Å². The monoisotopic (exact) mass is 269 g/mol. The van der Waals surface area contributed by atoms with Crippen molar-refractivity contribution in [3.8, 4) is 0 Å². The summed E-state index contributed by atoms with van der Waals surface area (Å²) >= 11 is 0. The predicted molar refractivity (Wildman–Crippen MR) is 60.7 cm³/mol. The molecule has 0 rings (SSSR count). The summed E-state index contributed by atoms with van der Waals surface area (Å²) in [5.74, 6) is -3.11. The van der Waals surface area contributed by atoms with Crippen molar-refractivity contribution < 1.29 is 34.8 Å². The third-order valence-corrected chi connectivity index (χ3v) is 1.08. The highest BCUT2D eigenvalue weighted by Crippen LogP contribution is 1.71. The van der Waals surface area contributed by atoms with Crippen molar-refractivity contribution in [3.63, 3.8) is 0 Å². The highest BCUT2D eigenvalue weighted by atomic mass is 16.4. The van der Waals surface area contributed by atoms with Crippen LogP contribution in [0.2, 0.25) is 0 Å². The molecule has 0 aromatic rings. The summed E-state index contributed by atoms with van der Waals surface area (Å²) in [6, 6.07) is -1.86. The fraction of sp³-hybridized carbons (Fsp3) is 0.625. The Kier molecular flexibility index (Phi) is 15.9. The van der Waals surface area contributed by atoms with Crippen molar-refractivity contribution in [2.24, 2.45) is 17.2 Å². The van der Waals surface area contributed by atoms with E-state index in [-0.39, 0.29) is 6.54 Å².